The van der Waals surface area contributed by atoms with E-state index in [0.717, 1.165) is 0 Å². The zero-order valence-electron chi connectivity index (χ0n) is 9.53. The van der Waals surface area contributed by atoms with Crippen LogP contribution in [0.1, 0.15) is 30.3 Å². The lowest BCUT2D eigenvalue weighted by Gasteiger charge is -2.34. The van der Waals surface area contributed by atoms with Gasteiger partial charge in [-0.3, -0.25) is 4.90 Å². The molecule has 0 aliphatic rings. The third-order valence-corrected chi connectivity index (χ3v) is 3.41. The third-order valence-electron chi connectivity index (χ3n) is 2.34. The Labute approximate surface area is 90.2 Å². The van der Waals surface area contributed by atoms with E-state index < -0.39 is 5.60 Å². The van der Waals surface area contributed by atoms with E-state index in [1.165, 1.54) is 10.4 Å². The second kappa shape index (κ2) is 4.01. The van der Waals surface area contributed by atoms with Crippen molar-refractivity contribution < 1.29 is 5.11 Å². The number of hydrogen-bond donors (Lipinski definition) is 1. The van der Waals surface area contributed by atoms with E-state index in [9.17, 15) is 5.11 Å². The average Bonchev–Trinajstić information content (AvgIpc) is 2.32. The molecule has 1 N–H and O–H groups in total. The molecule has 0 amide bonds. The molecular formula is C11H19NOS. The molecule has 80 valence electrons. The average molecular weight is 213 g/mol. The van der Waals surface area contributed by atoms with Crippen molar-refractivity contribution in [1.29, 1.82) is 0 Å². The summed E-state index contributed by atoms with van der Waals surface area (Å²) in [4.78, 5) is 3.32. The van der Waals surface area contributed by atoms with Gasteiger partial charge in [0.05, 0.1) is 11.6 Å². The molecule has 1 heterocycles. The van der Waals surface area contributed by atoms with Gasteiger partial charge in [-0.25, -0.2) is 0 Å². The van der Waals surface area contributed by atoms with Gasteiger partial charge < -0.3 is 5.11 Å². The van der Waals surface area contributed by atoms with Crippen LogP contribution in [-0.2, 0) is 0 Å². The fourth-order valence-corrected chi connectivity index (χ4v) is 3.15. The van der Waals surface area contributed by atoms with Crippen molar-refractivity contribution in [3.8, 4) is 0 Å². The molecule has 0 aromatic carbocycles. The molecule has 3 heteroatoms. The highest BCUT2D eigenvalue weighted by atomic mass is 32.1. The number of rotatable bonds is 3. The second-order valence-electron chi connectivity index (χ2n) is 4.49. The van der Waals surface area contributed by atoms with E-state index in [1.807, 2.05) is 27.9 Å². The zero-order valence-corrected chi connectivity index (χ0v) is 10.4. The van der Waals surface area contributed by atoms with Gasteiger partial charge in [-0.1, -0.05) is 0 Å². The van der Waals surface area contributed by atoms with E-state index >= 15 is 0 Å². The number of hydrogen-bond acceptors (Lipinski definition) is 3. The highest BCUT2D eigenvalue weighted by molar-refractivity contribution is 7.10. The third kappa shape index (κ3) is 2.35. The van der Waals surface area contributed by atoms with Crippen LogP contribution < -0.4 is 0 Å². The molecule has 0 aliphatic carbocycles. The van der Waals surface area contributed by atoms with Gasteiger partial charge in [0.2, 0.25) is 0 Å². The minimum absolute atomic E-state index is 0.0718. The molecule has 0 fully saturated rings. The van der Waals surface area contributed by atoms with Crippen molar-refractivity contribution >= 4 is 11.3 Å². The van der Waals surface area contributed by atoms with Crippen molar-refractivity contribution in [3.05, 3.63) is 21.9 Å². The number of thiophene rings is 1. The number of aryl methyl sites for hydroxylation is 1. The maximum Gasteiger partial charge on any atom is 0.0795 e. The predicted octanol–water partition coefficient (Wildman–Crippen LogP) is 2.43. The van der Waals surface area contributed by atoms with Crippen LogP contribution in [0.2, 0.25) is 0 Å². The normalized spacial score (nSPS) is 14.8. The van der Waals surface area contributed by atoms with Crippen molar-refractivity contribution in [2.24, 2.45) is 0 Å². The Morgan fingerprint density at radius 2 is 2.00 bits per heavy atom. The van der Waals surface area contributed by atoms with E-state index in [-0.39, 0.29) is 6.04 Å². The molecule has 1 unspecified atom stereocenters. The van der Waals surface area contributed by atoms with Gasteiger partial charge in [-0.15, -0.1) is 11.3 Å². The molecule has 0 bridgehead atoms. The number of nitrogens with zero attached hydrogens (tertiary/aromatic N) is 1. The largest absolute Gasteiger partial charge is 0.388 e. The van der Waals surface area contributed by atoms with Crippen LogP contribution in [0, 0.1) is 6.92 Å². The van der Waals surface area contributed by atoms with Crippen LogP contribution in [0.4, 0.5) is 0 Å². The van der Waals surface area contributed by atoms with Crippen molar-refractivity contribution in [1.82, 2.24) is 4.90 Å². The molecule has 1 aromatic heterocycles. The van der Waals surface area contributed by atoms with Gasteiger partial charge in [0.25, 0.3) is 0 Å². The maximum absolute atomic E-state index is 10.1. The van der Waals surface area contributed by atoms with Crippen molar-refractivity contribution in [2.75, 3.05) is 14.1 Å². The summed E-state index contributed by atoms with van der Waals surface area (Å²) in [6, 6.07) is 2.17. The Balaban J connectivity index is 3.08. The summed E-state index contributed by atoms with van der Waals surface area (Å²) in [5, 5.41) is 12.2. The smallest absolute Gasteiger partial charge is 0.0795 e. The summed E-state index contributed by atoms with van der Waals surface area (Å²) < 4.78 is 0. The topological polar surface area (TPSA) is 23.5 Å². The van der Waals surface area contributed by atoms with Crippen LogP contribution in [0.3, 0.4) is 0 Å². The fourth-order valence-electron chi connectivity index (χ4n) is 1.85. The summed E-state index contributed by atoms with van der Waals surface area (Å²) in [5.74, 6) is 0. The number of likely N-dealkylation sites (N-methyl/N-ethyl adjacent to an activating group) is 1. The first-order valence-corrected chi connectivity index (χ1v) is 5.65. The van der Waals surface area contributed by atoms with Gasteiger partial charge in [-0.2, -0.15) is 0 Å². The molecule has 2 nitrogen and oxygen atoms in total. The van der Waals surface area contributed by atoms with Gasteiger partial charge in [-0.05, 0) is 51.9 Å². The van der Waals surface area contributed by atoms with E-state index in [4.69, 9.17) is 0 Å². The molecule has 1 atom stereocenters. The van der Waals surface area contributed by atoms with Crippen LogP contribution in [0.15, 0.2) is 11.4 Å². The number of aliphatic hydroxyl groups is 1. The lowest BCUT2D eigenvalue weighted by atomic mass is 9.95. The Kier molecular flexibility index (Phi) is 3.35. The Hall–Kier alpha value is -0.380. The lowest BCUT2D eigenvalue weighted by Crippen LogP contribution is -2.38. The molecule has 0 saturated heterocycles. The molecule has 1 aromatic rings. The van der Waals surface area contributed by atoms with Crippen LogP contribution >= 0.6 is 11.3 Å². The van der Waals surface area contributed by atoms with Gasteiger partial charge in [0.1, 0.15) is 0 Å². The Bertz CT molecular complexity index is 298. The molecule has 1 rings (SSSR count). The zero-order chi connectivity index (χ0) is 10.9. The highest BCUT2D eigenvalue weighted by Gasteiger charge is 2.31. The quantitative estimate of drug-likeness (QED) is 0.833. The molecule has 14 heavy (non-hydrogen) atoms. The van der Waals surface area contributed by atoms with Crippen LogP contribution in [0.25, 0.3) is 0 Å². The minimum atomic E-state index is -0.709. The summed E-state index contributed by atoms with van der Waals surface area (Å²) >= 11 is 1.71. The van der Waals surface area contributed by atoms with Crippen LogP contribution in [-0.4, -0.2) is 29.7 Å². The summed E-state index contributed by atoms with van der Waals surface area (Å²) in [6.45, 7) is 5.81. The molecule has 0 aliphatic heterocycles. The maximum atomic E-state index is 10.1. The summed E-state index contributed by atoms with van der Waals surface area (Å²) in [5.41, 5.74) is 0.551. The monoisotopic (exact) mass is 213 g/mol. The SMILES string of the molecule is Cc1ccsc1C(N(C)C)C(C)(C)O. The van der Waals surface area contributed by atoms with Gasteiger partial charge in [0, 0.05) is 4.88 Å². The van der Waals surface area contributed by atoms with E-state index in [1.54, 1.807) is 11.3 Å². The van der Waals surface area contributed by atoms with Gasteiger partial charge >= 0.3 is 0 Å². The van der Waals surface area contributed by atoms with E-state index in [2.05, 4.69) is 23.3 Å². The lowest BCUT2D eigenvalue weighted by molar-refractivity contribution is -0.00184. The van der Waals surface area contributed by atoms with E-state index in [0.29, 0.717) is 0 Å². The minimum Gasteiger partial charge on any atom is -0.388 e. The summed E-state index contributed by atoms with van der Waals surface area (Å²) in [6.07, 6.45) is 0. The van der Waals surface area contributed by atoms with Crippen LogP contribution in [0.5, 0.6) is 0 Å². The molecule has 0 spiro atoms. The van der Waals surface area contributed by atoms with Crippen molar-refractivity contribution in [3.63, 3.8) is 0 Å². The van der Waals surface area contributed by atoms with Gasteiger partial charge in [0.15, 0.2) is 0 Å². The second-order valence-corrected chi connectivity index (χ2v) is 5.44. The molecule has 0 radical (unpaired) electrons. The Morgan fingerprint density at radius 1 is 1.43 bits per heavy atom. The highest BCUT2D eigenvalue weighted by Crippen LogP contribution is 2.35. The summed E-state index contributed by atoms with van der Waals surface area (Å²) in [7, 11) is 4.00. The molecule has 0 saturated carbocycles. The predicted molar refractivity (Wildman–Crippen MR) is 61.8 cm³/mol. The fraction of sp³-hybridized carbons (Fsp3) is 0.636. The first-order valence-electron chi connectivity index (χ1n) is 4.77. The first kappa shape index (κ1) is 11.7. The van der Waals surface area contributed by atoms with Crippen molar-refractivity contribution in [2.45, 2.75) is 32.4 Å². The first-order chi connectivity index (χ1) is 6.34. The Morgan fingerprint density at radius 3 is 2.29 bits per heavy atom. The standard InChI is InChI=1S/C11H19NOS/c1-8-6-7-14-9(8)10(12(4)5)11(2,3)13/h6-7,10,13H,1-5H3. The molecular weight excluding hydrogens is 194 g/mol.